The number of anilines is 1. The van der Waals surface area contributed by atoms with Crippen molar-refractivity contribution in [3.05, 3.63) is 59.7 Å². The molecule has 10 heteroatoms. The molecule has 0 atom stereocenters. The van der Waals surface area contributed by atoms with Crippen molar-refractivity contribution in [3.8, 4) is 0 Å². The fourth-order valence-electron chi connectivity index (χ4n) is 2.12. The van der Waals surface area contributed by atoms with Gasteiger partial charge in [0.25, 0.3) is 5.91 Å². The lowest BCUT2D eigenvalue weighted by Crippen LogP contribution is -2.23. The highest BCUT2D eigenvalue weighted by molar-refractivity contribution is 7.89. The Labute approximate surface area is 162 Å². The van der Waals surface area contributed by atoms with Crippen LogP contribution in [0.1, 0.15) is 20.7 Å². The van der Waals surface area contributed by atoms with Crippen LogP contribution in [0.4, 0.5) is 5.69 Å². The van der Waals surface area contributed by atoms with Crippen molar-refractivity contribution in [1.82, 2.24) is 4.31 Å². The van der Waals surface area contributed by atoms with Gasteiger partial charge in [-0.15, -0.1) is 0 Å². The molecular weight excluding hydrogens is 386 g/mol. The second-order valence-corrected chi connectivity index (χ2v) is 8.03. The van der Waals surface area contributed by atoms with E-state index >= 15 is 0 Å². The molecule has 2 aromatic rings. The first-order valence-corrected chi connectivity index (χ1v) is 9.44. The number of sulfonamides is 1. The van der Waals surface area contributed by atoms with Crippen LogP contribution >= 0.6 is 0 Å². The Morgan fingerprint density at radius 3 is 2.25 bits per heavy atom. The molecule has 0 bridgehead atoms. The lowest BCUT2D eigenvalue weighted by atomic mass is 10.2. The Morgan fingerprint density at radius 1 is 1.04 bits per heavy atom. The highest BCUT2D eigenvalue weighted by Crippen LogP contribution is 2.15. The summed E-state index contributed by atoms with van der Waals surface area (Å²) < 4.78 is 30.2. The smallest absolute Gasteiger partial charge is 0.338 e. The van der Waals surface area contributed by atoms with Crippen LogP contribution in [0.3, 0.4) is 0 Å². The number of hydrogen-bond donors (Lipinski definition) is 2. The molecule has 0 heterocycles. The van der Waals surface area contributed by atoms with Gasteiger partial charge in [-0.1, -0.05) is 6.07 Å². The van der Waals surface area contributed by atoms with Crippen molar-refractivity contribution >= 4 is 33.5 Å². The summed E-state index contributed by atoms with van der Waals surface area (Å²) in [6.45, 7) is -0.568. The number of nitrogens with two attached hydrogens (primary N) is 1. The maximum absolute atomic E-state index is 12.1. The van der Waals surface area contributed by atoms with Crippen LogP contribution in [-0.2, 0) is 19.6 Å². The van der Waals surface area contributed by atoms with Crippen LogP contribution < -0.4 is 11.1 Å². The minimum absolute atomic E-state index is 0.00142. The van der Waals surface area contributed by atoms with Gasteiger partial charge in [0, 0.05) is 25.3 Å². The number of carbonyl (C=O) groups excluding carboxylic acids is 3. The third-order valence-corrected chi connectivity index (χ3v) is 5.45. The minimum atomic E-state index is -3.70. The maximum atomic E-state index is 12.1. The maximum Gasteiger partial charge on any atom is 0.338 e. The zero-order valence-electron chi connectivity index (χ0n) is 15.2. The summed E-state index contributed by atoms with van der Waals surface area (Å²) in [4.78, 5) is 35.0. The SMILES string of the molecule is CN(C)S(=O)(=O)c1cccc(C(=O)OCC(=O)Nc2ccc(C(N)=O)cc2)c1. The molecule has 0 unspecified atom stereocenters. The summed E-state index contributed by atoms with van der Waals surface area (Å²) in [6, 6.07) is 11.2. The molecule has 0 aromatic heterocycles. The molecule has 0 aliphatic rings. The first-order valence-electron chi connectivity index (χ1n) is 8.00. The quantitative estimate of drug-likeness (QED) is 0.655. The normalized spacial score (nSPS) is 11.1. The number of ether oxygens (including phenoxy) is 1. The standard InChI is InChI=1S/C18H19N3O6S/c1-21(2)28(25,26)15-5-3-4-13(10-15)18(24)27-11-16(22)20-14-8-6-12(7-9-14)17(19)23/h3-10H,11H2,1-2H3,(H2,19,23)(H,20,22). The fraction of sp³-hybridized carbons (Fsp3) is 0.167. The zero-order valence-corrected chi connectivity index (χ0v) is 16.0. The lowest BCUT2D eigenvalue weighted by Gasteiger charge is -2.12. The highest BCUT2D eigenvalue weighted by Gasteiger charge is 2.19. The Morgan fingerprint density at radius 2 is 1.68 bits per heavy atom. The van der Waals surface area contributed by atoms with Crippen molar-refractivity contribution in [1.29, 1.82) is 0 Å². The van der Waals surface area contributed by atoms with Gasteiger partial charge in [0.2, 0.25) is 15.9 Å². The van der Waals surface area contributed by atoms with Gasteiger partial charge in [-0.25, -0.2) is 17.5 Å². The van der Waals surface area contributed by atoms with E-state index in [1.807, 2.05) is 0 Å². The molecule has 0 saturated heterocycles. The average molecular weight is 405 g/mol. The summed E-state index contributed by atoms with van der Waals surface area (Å²) in [5.41, 5.74) is 5.82. The zero-order chi connectivity index (χ0) is 20.9. The van der Waals surface area contributed by atoms with Gasteiger partial charge in [0.1, 0.15) is 0 Å². The molecule has 0 spiro atoms. The van der Waals surface area contributed by atoms with E-state index in [-0.39, 0.29) is 16.0 Å². The van der Waals surface area contributed by atoms with Crippen LogP contribution in [0.2, 0.25) is 0 Å². The summed E-state index contributed by atoms with van der Waals surface area (Å²) in [7, 11) is -0.950. The Balaban J connectivity index is 1.98. The minimum Gasteiger partial charge on any atom is -0.452 e. The predicted octanol–water partition coefficient (Wildman–Crippen LogP) is 0.831. The third kappa shape index (κ3) is 5.15. The number of benzene rings is 2. The Bertz CT molecular complexity index is 1000. The number of esters is 1. The Hall–Kier alpha value is -3.24. The van der Waals surface area contributed by atoms with Gasteiger partial charge in [-0.3, -0.25) is 9.59 Å². The van der Waals surface area contributed by atoms with Crippen LogP contribution in [0.25, 0.3) is 0 Å². The molecule has 2 aromatic carbocycles. The van der Waals surface area contributed by atoms with E-state index in [0.29, 0.717) is 5.69 Å². The molecule has 2 amide bonds. The van der Waals surface area contributed by atoms with Crippen molar-refractivity contribution in [2.45, 2.75) is 4.90 Å². The Kier molecular flexibility index (Phi) is 6.49. The molecule has 28 heavy (non-hydrogen) atoms. The van der Waals surface area contributed by atoms with E-state index in [9.17, 15) is 22.8 Å². The van der Waals surface area contributed by atoms with Crippen molar-refractivity contribution in [3.63, 3.8) is 0 Å². The number of carbonyl (C=O) groups is 3. The summed E-state index contributed by atoms with van der Waals surface area (Å²) in [6.07, 6.45) is 0. The molecule has 0 fully saturated rings. The molecule has 0 aliphatic heterocycles. The molecule has 0 radical (unpaired) electrons. The van der Waals surface area contributed by atoms with E-state index in [2.05, 4.69) is 5.32 Å². The van der Waals surface area contributed by atoms with Gasteiger partial charge in [-0.05, 0) is 42.5 Å². The van der Waals surface area contributed by atoms with Crippen molar-refractivity contribution in [2.75, 3.05) is 26.0 Å². The van der Waals surface area contributed by atoms with Crippen molar-refractivity contribution in [2.24, 2.45) is 5.73 Å². The van der Waals surface area contributed by atoms with E-state index in [0.717, 1.165) is 4.31 Å². The van der Waals surface area contributed by atoms with E-state index in [4.69, 9.17) is 10.5 Å². The molecule has 148 valence electrons. The summed E-state index contributed by atoms with van der Waals surface area (Å²) in [5, 5.41) is 2.49. The van der Waals surface area contributed by atoms with Gasteiger partial charge >= 0.3 is 5.97 Å². The number of primary amides is 1. The number of amides is 2. The molecule has 0 aliphatic carbocycles. The summed E-state index contributed by atoms with van der Waals surface area (Å²) in [5.74, 6) is -2.03. The van der Waals surface area contributed by atoms with Gasteiger partial charge in [0.15, 0.2) is 6.61 Å². The monoisotopic (exact) mass is 405 g/mol. The largest absolute Gasteiger partial charge is 0.452 e. The fourth-order valence-corrected chi connectivity index (χ4v) is 3.07. The van der Waals surface area contributed by atoms with Gasteiger partial charge < -0.3 is 15.8 Å². The number of hydrogen-bond acceptors (Lipinski definition) is 6. The molecule has 9 nitrogen and oxygen atoms in total. The summed E-state index contributed by atoms with van der Waals surface area (Å²) >= 11 is 0. The van der Waals surface area contributed by atoms with Crippen LogP contribution in [-0.4, -0.2) is 51.2 Å². The molecule has 3 N–H and O–H groups in total. The van der Waals surface area contributed by atoms with Crippen LogP contribution in [0.15, 0.2) is 53.4 Å². The molecular formula is C18H19N3O6S. The number of nitrogens with one attached hydrogen (secondary N) is 1. The van der Waals surface area contributed by atoms with Gasteiger partial charge in [-0.2, -0.15) is 0 Å². The number of rotatable bonds is 7. The topological polar surface area (TPSA) is 136 Å². The van der Waals surface area contributed by atoms with Crippen LogP contribution in [0.5, 0.6) is 0 Å². The lowest BCUT2D eigenvalue weighted by molar-refractivity contribution is -0.119. The first kappa shape index (κ1) is 21.1. The van der Waals surface area contributed by atoms with Crippen LogP contribution in [0, 0.1) is 0 Å². The highest BCUT2D eigenvalue weighted by atomic mass is 32.2. The average Bonchev–Trinajstić information content (AvgIpc) is 2.66. The second kappa shape index (κ2) is 8.63. The van der Waals surface area contributed by atoms with E-state index < -0.39 is 34.4 Å². The first-order chi connectivity index (χ1) is 13.1. The predicted molar refractivity (Wildman–Crippen MR) is 101 cm³/mol. The third-order valence-electron chi connectivity index (χ3n) is 3.64. The van der Waals surface area contributed by atoms with E-state index in [1.165, 1.54) is 62.6 Å². The van der Waals surface area contributed by atoms with Gasteiger partial charge in [0.05, 0.1) is 10.5 Å². The number of nitrogens with zero attached hydrogens (tertiary/aromatic N) is 1. The van der Waals surface area contributed by atoms with Crippen molar-refractivity contribution < 1.29 is 27.5 Å². The molecule has 2 rings (SSSR count). The second-order valence-electron chi connectivity index (χ2n) is 5.88. The molecule has 0 saturated carbocycles. The van der Waals surface area contributed by atoms with E-state index in [1.54, 1.807) is 0 Å².